The van der Waals surface area contributed by atoms with E-state index in [9.17, 15) is 9.59 Å². The van der Waals surface area contributed by atoms with E-state index in [0.717, 1.165) is 16.9 Å². The molecule has 28 heavy (non-hydrogen) atoms. The Morgan fingerprint density at radius 1 is 0.929 bits per heavy atom. The van der Waals surface area contributed by atoms with Gasteiger partial charge in [-0.25, -0.2) is 4.79 Å². The predicted molar refractivity (Wildman–Crippen MR) is 107 cm³/mol. The molecule has 2 aromatic carbocycles. The normalized spacial score (nSPS) is 11.4. The Bertz CT molecular complexity index is 801. The summed E-state index contributed by atoms with van der Waals surface area (Å²) in [6.07, 6.45) is 0. The van der Waals surface area contributed by atoms with Crippen LogP contribution in [0.3, 0.4) is 0 Å². The highest BCUT2D eigenvalue weighted by Gasteiger charge is 2.13. The van der Waals surface area contributed by atoms with Crippen LogP contribution in [0.4, 0.5) is 0 Å². The van der Waals surface area contributed by atoms with Crippen molar-refractivity contribution in [3.05, 3.63) is 59.2 Å². The van der Waals surface area contributed by atoms with Gasteiger partial charge < -0.3 is 19.5 Å². The summed E-state index contributed by atoms with van der Waals surface area (Å²) >= 11 is 0. The van der Waals surface area contributed by atoms with E-state index < -0.39 is 5.97 Å². The van der Waals surface area contributed by atoms with E-state index in [1.54, 1.807) is 24.3 Å². The zero-order chi connectivity index (χ0) is 20.5. The van der Waals surface area contributed by atoms with Crippen LogP contribution in [0.25, 0.3) is 0 Å². The third kappa shape index (κ3) is 6.61. The molecule has 6 nitrogen and oxygen atoms in total. The van der Waals surface area contributed by atoms with Crippen molar-refractivity contribution in [3.8, 4) is 11.5 Å². The van der Waals surface area contributed by atoms with E-state index in [1.165, 1.54) is 5.56 Å². The molecular formula is C22H27NO5. The lowest BCUT2D eigenvalue weighted by atomic mass is 10.0. The molecule has 0 aliphatic rings. The zero-order valence-electron chi connectivity index (χ0n) is 16.8. The fraction of sp³-hybridized carbons (Fsp3) is 0.364. The van der Waals surface area contributed by atoms with Crippen molar-refractivity contribution in [1.82, 2.24) is 5.32 Å². The highest BCUT2D eigenvalue weighted by atomic mass is 16.6. The lowest BCUT2D eigenvalue weighted by molar-refractivity contribution is -0.150. The van der Waals surface area contributed by atoms with Crippen molar-refractivity contribution >= 4 is 11.9 Å². The molecule has 0 unspecified atom stereocenters. The molecule has 2 aromatic rings. The van der Waals surface area contributed by atoms with Crippen molar-refractivity contribution < 1.29 is 23.8 Å². The minimum absolute atomic E-state index is 0.175. The van der Waals surface area contributed by atoms with Gasteiger partial charge in [-0.3, -0.25) is 4.79 Å². The average molecular weight is 385 g/mol. The zero-order valence-corrected chi connectivity index (χ0v) is 16.8. The maximum absolute atomic E-state index is 12.0. The predicted octanol–water partition coefficient (Wildman–Crippen LogP) is 3.50. The summed E-state index contributed by atoms with van der Waals surface area (Å²) in [5.41, 5.74) is 3.36. The van der Waals surface area contributed by atoms with E-state index >= 15 is 0 Å². The minimum atomic E-state index is -0.608. The van der Waals surface area contributed by atoms with Crippen LogP contribution in [-0.4, -0.2) is 31.7 Å². The van der Waals surface area contributed by atoms with Crippen LogP contribution in [0.2, 0.25) is 0 Å². The van der Waals surface area contributed by atoms with Gasteiger partial charge in [-0.1, -0.05) is 18.2 Å². The van der Waals surface area contributed by atoms with Gasteiger partial charge in [-0.05, 0) is 68.7 Å². The smallest absolute Gasteiger partial charge is 0.344 e. The molecule has 0 aliphatic carbocycles. The first-order valence-corrected chi connectivity index (χ1v) is 9.26. The van der Waals surface area contributed by atoms with Crippen LogP contribution in [-0.2, 0) is 14.3 Å². The largest absolute Gasteiger partial charge is 0.494 e. The third-order valence-corrected chi connectivity index (χ3v) is 4.26. The lowest BCUT2D eigenvalue weighted by Crippen LogP contribution is -2.32. The number of amides is 1. The summed E-state index contributed by atoms with van der Waals surface area (Å²) in [6, 6.07) is 12.8. The highest BCUT2D eigenvalue weighted by Crippen LogP contribution is 2.18. The monoisotopic (exact) mass is 385 g/mol. The Morgan fingerprint density at radius 2 is 1.57 bits per heavy atom. The fourth-order valence-corrected chi connectivity index (χ4v) is 2.53. The maximum atomic E-state index is 12.0. The summed E-state index contributed by atoms with van der Waals surface area (Å²) in [6.45, 7) is 7.82. The average Bonchev–Trinajstić information content (AvgIpc) is 2.68. The number of nitrogens with one attached hydrogen (secondary N) is 1. The van der Waals surface area contributed by atoms with E-state index in [0.29, 0.717) is 12.4 Å². The van der Waals surface area contributed by atoms with E-state index in [4.69, 9.17) is 14.2 Å². The van der Waals surface area contributed by atoms with Gasteiger partial charge >= 0.3 is 5.97 Å². The van der Waals surface area contributed by atoms with E-state index in [-0.39, 0.29) is 25.2 Å². The molecule has 2 rings (SSSR count). The Labute approximate surface area is 165 Å². The molecule has 0 radical (unpaired) electrons. The van der Waals surface area contributed by atoms with Crippen molar-refractivity contribution in [2.75, 3.05) is 19.8 Å². The molecule has 0 spiro atoms. The second-order valence-electron chi connectivity index (χ2n) is 6.49. The van der Waals surface area contributed by atoms with Crippen molar-refractivity contribution in [2.45, 2.75) is 33.7 Å². The van der Waals surface area contributed by atoms with Gasteiger partial charge in [-0.15, -0.1) is 0 Å². The summed E-state index contributed by atoms with van der Waals surface area (Å²) in [5, 5.41) is 2.82. The quantitative estimate of drug-likeness (QED) is 0.669. The van der Waals surface area contributed by atoms with Crippen LogP contribution in [0.15, 0.2) is 42.5 Å². The first kappa shape index (κ1) is 21.3. The molecule has 0 heterocycles. The second kappa shape index (κ2) is 10.3. The van der Waals surface area contributed by atoms with Crippen LogP contribution in [0.5, 0.6) is 11.5 Å². The van der Waals surface area contributed by atoms with Crippen LogP contribution >= 0.6 is 0 Å². The van der Waals surface area contributed by atoms with Gasteiger partial charge in [0.05, 0.1) is 12.6 Å². The Morgan fingerprint density at radius 3 is 2.18 bits per heavy atom. The Hall–Kier alpha value is -3.02. The van der Waals surface area contributed by atoms with Crippen molar-refractivity contribution in [3.63, 3.8) is 0 Å². The van der Waals surface area contributed by atoms with Gasteiger partial charge in [0.1, 0.15) is 11.5 Å². The lowest BCUT2D eigenvalue weighted by Gasteiger charge is -2.16. The molecule has 6 heteroatoms. The second-order valence-corrected chi connectivity index (χ2v) is 6.49. The third-order valence-electron chi connectivity index (χ3n) is 4.26. The molecule has 1 amide bonds. The number of ether oxygens (including phenoxy) is 3. The maximum Gasteiger partial charge on any atom is 0.344 e. The van der Waals surface area contributed by atoms with Gasteiger partial charge in [0.15, 0.2) is 13.2 Å². The standard InChI is InChI=1S/C22H27NO5/c1-5-26-19-8-10-20(11-9-19)27-14-22(25)28-13-21(24)23-17(4)18-7-6-15(2)16(3)12-18/h6-12,17H,5,13-14H2,1-4H3,(H,23,24)/t17-/m1/s1. The van der Waals surface area contributed by atoms with Crippen LogP contribution in [0, 0.1) is 13.8 Å². The number of aryl methyl sites for hydroxylation is 2. The van der Waals surface area contributed by atoms with Gasteiger partial charge in [0, 0.05) is 0 Å². The molecule has 1 atom stereocenters. The number of esters is 1. The van der Waals surface area contributed by atoms with E-state index in [2.05, 4.69) is 5.32 Å². The number of benzene rings is 2. The minimum Gasteiger partial charge on any atom is -0.494 e. The van der Waals surface area contributed by atoms with Crippen LogP contribution in [0.1, 0.15) is 36.6 Å². The first-order valence-electron chi connectivity index (χ1n) is 9.26. The fourth-order valence-electron chi connectivity index (χ4n) is 2.53. The molecule has 1 N–H and O–H groups in total. The molecule has 150 valence electrons. The number of carbonyl (C=O) groups is 2. The van der Waals surface area contributed by atoms with Gasteiger partial charge in [0.2, 0.25) is 0 Å². The topological polar surface area (TPSA) is 73.9 Å². The van der Waals surface area contributed by atoms with Crippen molar-refractivity contribution in [2.24, 2.45) is 0 Å². The molecular weight excluding hydrogens is 358 g/mol. The van der Waals surface area contributed by atoms with Gasteiger partial charge in [-0.2, -0.15) is 0 Å². The Kier molecular flexibility index (Phi) is 7.87. The highest BCUT2D eigenvalue weighted by molar-refractivity contribution is 5.81. The summed E-state index contributed by atoms with van der Waals surface area (Å²) < 4.78 is 15.6. The number of hydrogen-bond acceptors (Lipinski definition) is 5. The van der Waals surface area contributed by atoms with Crippen LogP contribution < -0.4 is 14.8 Å². The summed E-state index contributed by atoms with van der Waals surface area (Å²) in [4.78, 5) is 23.8. The molecule has 0 saturated carbocycles. The number of hydrogen-bond donors (Lipinski definition) is 1. The molecule has 0 saturated heterocycles. The van der Waals surface area contributed by atoms with E-state index in [1.807, 2.05) is 45.9 Å². The molecule has 0 fully saturated rings. The SMILES string of the molecule is CCOc1ccc(OCC(=O)OCC(=O)N[C@H](C)c2ccc(C)c(C)c2)cc1. The van der Waals surface area contributed by atoms with Gasteiger partial charge in [0.25, 0.3) is 5.91 Å². The first-order chi connectivity index (χ1) is 13.4. The molecule has 0 aliphatic heterocycles. The number of carbonyl (C=O) groups excluding carboxylic acids is 2. The number of rotatable bonds is 9. The van der Waals surface area contributed by atoms with Crippen molar-refractivity contribution in [1.29, 1.82) is 0 Å². The summed E-state index contributed by atoms with van der Waals surface area (Å²) in [5.74, 6) is 0.281. The molecule has 0 aromatic heterocycles. The Balaban J connectivity index is 1.72. The molecule has 0 bridgehead atoms. The summed E-state index contributed by atoms with van der Waals surface area (Å²) in [7, 11) is 0.